The lowest BCUT2D eigenvalue weighted by atomic mass is 10.2. The fourth-order valence-electron chi connectivity index (χ4n) is 1.25. The summed E-state index contributed by atoms with van der Waals surface area (Å²) in [6.45, 7) is 0.558. The summed E-state index contributed by atoms with van der Waals surface area (Å²) in [5.74, 6) is -0.321. The van der Waals surface area contributed by atoms with Crippen molar-refractivity contribution in [1.82, 2.24) is 9.78 Å². The minimum absolute atomic E-state index is 0.321. The molecule has 0 aliphatic heterocycles. The highest BCUT2D eigenvalue weighted by Crippen LogP contribution is 2.18. The van der Waals surface area contributed by atoms with Gasteiger partial charge in [0.25, 0.3) is 0 Å². The van der Waals surface area contributed by atoms with Crippen molar-refractivity contribution in [1.29, 1.82) is 0 Å². The SMILES string of the molecule is Fc1ccc(Cn2cc(I)cn2)c(Cl)c1. The molecule has 0 atom stereocenters. The number of halogens is 3. The third kappa shape index (κ3) is 2.69. The molecule has 0 amide bonds. The first-order chi connectivity index (χ1) is 7.15. The van der Waals surface area contributed by atoms with Crippen LogP contribution in [0, 0.1) is 9.39 Å². The molecule has 0 aliphatic carbocycles. The lowest BCUT2D eigenvalue weighted by Gasteiger charge is -2.04. The van der Waals surface area contributed by atoms with Gasteiger partial charge in [0.05, 0.1) is 16.3 Å². The number of nitrogens with zero attached hydrogens (tertiary/aromatic N) is 2. The Bertz CT molecular complexity index is 484. The Morgan fingerprint density at radius 2 is 2.27 bits per heavy atom. The Kier molecular flexibility index (Phi) is 3.25. The number of rotatable bonds is 2. The van der Waals surface area contributed by atoms with Crippen molar-refractivity contribution >= 4 is 34.2 Å². The van der Waals surface area contributed by atoms with E-state index in [1.165, 1.54) is 12.1 Å². The summed E-state index contributed by atoms with van der Waals surface area (Å²) in [6, 6.07) is 4.38. The molecule has 5 heteroatoms. The van der Waals surface area contributed by atoms with Crippen molar-refractivity contribution in [2.75, 3.05) is 0 Å². The number of hydrogen-bond acceptors (Lipinski definition) is 1. The summed E-state index contributed by atoms with van der Waals surface area (Å²) < 4.78 is 15.6. The Hall–Kier alpha value is -0.620. The first kappa shape index (κ1) is 10.9. The molecule has 2 nitrogen and oxygen atoms in total. The quantitative estimate of drug-likeness (QED) is 0.769. The molecule has 0 fully saturated rings. The van der Waals surface area contributed by atoms with Gasteiger partial charge in [0.15, 0.2) is 0 Å². The first-order valence-corrected chi connectivity index (χ1v) is 5.73. The lowest BCUT2D eigenvalue weighted by Crippen LogP contribution is -2.00. The van der Waals surface area contributed by atoms with Gasteiger partial charge in [-0.05, 0) is 40.3 Å². The Balaban J connectivity index is 2.24. The normalized spacial score (nSPS) is 10.6. The van der Waals surface area contributed by atoms with E-state index in [1.54, 1.807) is 16.9 Å². The minimum Gasteiger partial charge on any atom is -0.267 e. The summed E-state index contributed by atoms with van der Waals surface area (Å²) in [4.78, 5) is 0. The van der Waals surface area contributed by atoms with E-state index >= 15 is 0 Å². The molecule has 0 saturated heterocycles. The molecule has 0 bridgehead atoms. The van der Waals surface area contributed by atoms with E-state index in [0.29, 0.717) is 11.6 Å². The van der Waals surface area contributed by atoms with Crippen LogP contribution in [0.1, 0.15) is 5.56 Å². The predicted octanol–water partition coefficient (Wildman–Crippen LogP) is 3.33. The van der Waals surface area contributed by atoms with E-state index in [9.17, 15) is 4.39 Å². The largest absolute Gasteiger partial charge is 0.267 e. The monoisotopic (exact) mass is 336 g/mol. The van der Waals surface area contributed by atoms with Crippen LogP contribution in [0.15, 0.2) is 30.6 Å². The fourth-order valence-corrected chi connectivity index (χ4v) is 1.92. The van der Waals surface area contributed by atoms with Gasteiger partial charge >= 0.3 is 0 Å². The maximum atomic E-state index is 12.8. The standard InChI is InChI=1S/C10H7ClFIN2/c11-10-3-8(12)2-1-7(10)5-15-6-9(13)4-14-15/h1-4,6H,5H2. The summed E-state index contributed by atoms with van der Waals surface area (Å²) in [5, 5.41) is 4.56. The van der Waals surface area contributed by atoms with Crippen molar-refractivity contribution in [3.8, 4) is 0 Å². The average molecular weight is 337 g/mol. The fraction of sp³-hybridized carbons (Fsp3) is 0.100. The molecule has 0 radical (unpaired) electrons. The van der Waals surface area contributed by atoms with Crippen LogP contribution >= 0.6 is 34.2 Å². The molecule has 78 valence electrons. The summed E-state index contributed by atoms with van der Waals surface area (Å²) in [6.07, 6.45) is 3.66. The van der Waals surface area contributed by atoms with Crippen LogP contribution in [-0.4, -0.2) is 9.78 Å². The second-order valence-electron chi connectivity index (χ2n) is 3.09. The van der Waals surface area contributed by atoms with Crippen molar-refractivity contribution in [2.24, 2.45) is 0 Å². The molecule has 2 aromatic rings. The molecule has 0 spiro atoms. The van der Waals surface area contributed by atoms with Crippen molar-refractivity contribution < 1.29 is 4.39 Å². The second-order valence-corrected chi connectivity index (χ2v) is 4.74. The highest BCUT2D eigenvalue weighted by Gasteiger charge is 2.03. The Morgan fingerprint density at radius 1 is 1.47 bits per heavy atom. The van der Waals surface area contributed by atoms with Crippen molar-refractivity contribution in [3.05, 3.63) is 50.6 Å². The number of hydrogen-bond donors (Lipinski definition) is 0. The first-order valence-electron chi connectivity index (χ1n) is 4.27. The summed E-state index contributed by atoms with van der Waals surface area (Å²) in [5.41, 5.74) is 0.859. The van der Waals surface area contributed by atoms with Crippen LogP contribution in [0.2, 0.25) is 5.02 Å². The lowest BCUT2D eigenvalue weighted by molar-refractivity contribution is 0.624. The smallest absolute Gasteiger partial charge is 0.124 e. The highest BCUT2D eigenvalue weighted by atomic mass is 127. The molecule has 15 heavy (non-hydrogen) atoms. The Labute approximate surface area is 105 Å². The molecule has 2 rings (SSSR count). The zero-order valence-corrected chi connectivity index (χ0v) is 10.5. The van der Waals surface area contributed by atoms with Gasteiger partial charge in [0.2, 0.25) is 0 Å². The van der Waals surface area contributed by atoms with E-state index in [4.69, 9.17) is 11.6 Å². The van der Waals surface area contributed by atoms with Gasteiger partial charge in [0.1, 0.15) is 5.82 Å². The van der Waals surface area contributed by atoms with Crippen LogP contribution in [-0.2, 0) is 6.54 Å². The third-order valence-electron chi connectivity index (χ3n) is 1.95. The van der Waals surface area contributed by atoms with Gasteiger partial charge in [-0.3, -0.25) is 4.68 Å². The molecule has 1 heterocycles. The molecule has 1 aromatic carbocycles. The molecular formula is C10H7ClFIN2. The van der Waals surface area contributed by atoms with Gasteiger partial charge < -0.3 is 0 Å². The van der Waals surface area contributed by atoms with E-state index < -0.39 is 0 Å². The second kappa shape index (κ2) is 4.49. The number of aromatic nitrogens is 2. The summed E-state index contributed by atoms with van der Waals surface area (Å²) in [7, 11) is 0. The highest BCUT2D eigenvalue weighted by molar-refractivity contribution is 14.1. The van der Waals surface area contributed by atoms with E-state index in [0.717, 1.165) is 9.13 Å². The van der Waals surface area contributed by atoms with Gasteiger partial charge in [-0.25, -0.2) is 4.39 Å². The van der Waals surface area contributed by atoms with Gasteiger partial charge in [-0.2, -0.15) is 5.10 Å². The van der Waals surface area contributed by atoms with Crippen LogP contribution in [0.25, 0.3) is 0 Å². The van der Waals surface area contributed by atoms with Crippen LogP contribution < -0.4 is 0 Å². The zero-order valence-electron chi connectivity index (χ0n) is 7.62. The van der Waals surface area contributed by atoms with Crippen LogP contribution in [0.4, 0.5) is 4.39 Å². The third-order valence-corrected chi connectivity index (χ3v) is 2.86. The predicted molar refractivity (Wildman–Crippen MR) is 65.5 cm³/mol. The molecule has 0 unspecified atom stereocenters. The Morgan fingerprint density at radius 3 is 2.87 bits per heavy atom. The van der Waals surface area contributed by atoms with E-state index in [2.05, 4.69) is 27.7 Å². The van der Waals surface area contributed by atoms with Crippen LogP contribution in [0.3, 0.4) is 0 Å². The molecule has 1 aromatic heterocycles. The number of benzene rings is 1. The summed E-state index contributed by atoms with van der Waals surface area (Å²) >= 11 is 8.08. The van der Waals surface area contributed by atoms with Crippen molar-refractivity contribution in [2.45, 2.75) is 6.54 Å². The molecular weight excluding hydrogens is 329 g/mol. The van der Waals surface area contributed by atoms with Crippen LogP contribution in [0.5, 0.6) is 0 Å². The molecule has 0 aliphatic rings. The molecule has 0 N–H and O–H groups in total. The molecule has 0 saturated carbocycles. The zero-order chi connectivity index (χ0) is 10.8. The van der Waals surface area contributed by atoms with Crippen molar-refractivity contribution in [3.63, 3.8) is 0 Å². The average Bonchev–Trinajstić information content (AvgIpc) is 2.56. The van der Waals surface area contributed by atoms with Gasteiger partial charge in [0, 0.05) is 11.2 Å². The topological polar surface area (TPSA) is 17.8 Å². The maximum Gasteiger partial charge on any atom is 0.124 e. The van der Waals surface area contributed by atoms with E-state index in [1.807, 2.05) is 6.20 Å². The van der Waals surface area contributed by atoms with E-state index in [-0.39, 0.29) is 5.82 Å². The van der Waals surface area contributed by atoms with Gasteiger partial charge in [-0.15, -0.1) is 0 Å². The minimum atomic E-state index is -0.321. The van der Waals surface area contributed by atoms with Gasteiger partial charge in [-0.1, -0.05) is 17.7 Å². The maximum absolute atomic E-state index is 12.8.